The zero-order valence-electron chi connectivity index (χ0n) is 9.19. The smallest absolute Gasteiger partial charge is 0.123 e. The van der Waals surface area contributed by atoms with Crippen LogP contribution in [0.2, 0.25) is 0 Å². The van der Waals surface area contributed by atoms with E-state index in [9.17, 15) is 4.39 Å². The third-order valence-electron chi connectivity index (χ3n) is 2.70. The van der Waals surface area contributed by atoms with E-state index in [0.717, 1.165) is 16.4 Å². The largest absolute Gasteiger partial charge is 0.330 e. The number of aliphatic imine (C=N–C) groups is 1. The van der Waals surface area contributed by atoms with Gasteiger partial charge in [0.2, 0.25) is 0 Å². The van der Waals surface area contributed by atoms with Crippen LogP contribution in [0, 0.1) is 11.7 Å². The molecule has 2 N–H and O–H groups in total. The molecule has 0 radical (unpaired) electrons. The molecule has 0 aliphatic carbocycles. The quantitative estimate of drug-likeness (QED) is 0.879. The molecule has 4 heteroatoms. The fourth-order valence-corrected chi connectivity index (χ4v) is 2.80. The first-order valence-corrected chi connectivity index (χ1v) is 6.35. The Kier molecular flexibility index (Phi) is 3.61. The normalized spacial score (nSPS) is 21.9. The van der Waals surface area contributed by atoms with E-state index in [-0.39, 0.29) is 11.9 Å². The molecule has 0 bridgehead atoms. The van der Waals surface area contributed by atoms with Gasteiger partial charge in [0.25, 0.3) is 0 Å². The van der Waals surface area contributed by atoms with Crippen LogP contribution in [0.25, 0.3) is 0 Å². The molecule has 2 unspecified atom stereocenters. The van der Waals surface area contributed by atoms with Gasteiger partial charge >= 0.3 is 0 Å². The van der Waals surface area contributed by atoms with E-state index in [1.807, 2.05) is 0 Å². The summed E-state index contributed by atoms with van der Waals surface area (Å²) in [5.41, 5.74) is 6.69. The topological polar surface area (TPSA) is 38.4 Å². The number of nitrogens with zero attached hydrogens (tertiary/aromatic N) is 1. The molecule has 0 aromatic heterocycles. The van der Waals surface area contributed by atoms with Crippen LogP contribution in [0.4, 0.5) is 4.39 Å². The average molecular weight is 238 g/mol. The van der Waals surface area contributed by atoms with E-state index in [1.54, 1.807) is 23.9 Å². The SMILES string of the molecule is CC(CN)C1=NC(c2ccc(F)cc2)CS1. The third-order valence-corrected chi connectivity index (χ3v) is 3.99. The van der Waals surface area contributed by atoms with Gasteiger partial charge in [-0.3, -0.25) is 4.99 Å². The summed E-state index contributed by atoms with van der Waals surface area (Å²) in [6.07, 6.45) is 0. The highest BCUT2D eigenvalue weighted by atomic mass is 32.2. The molecule has 1 aromatic carbocycles. The molecule has 0 amide bonds. The molecule has 0 spiro atoms. The van der Waals surface area contributed by atoms with Crippen LogP contribution in [-0.2, 0) is 0 Å². The zero-order valence-corrected chi connectivity index (χ0v) is 10.0. The van der Waals surface area contributed by atoms with Crippen molar-refractivity contribution in [3.63, 3.8) is 0 Å². The Balaban J connectivity index is 2.13. The van der Waals surface area contributed by atoms with Gasteiger partial charge in [-0.1, -0.05) is 19.1 Å². The molecule has 0 fully saturated rings. The maximum absolute atomic E-state index is 12.8. The molecule has 2 atom stereocenters. The van der Waals surface area contributed by atoms with E-state index in [2.05, 4.69) is 11.9 Å². The molecule has 2 rings (SSSR count). The maximum Gasteiger partial charge on any atom is 0.123 e. The summed E-state index contributed by atoms with van der Waals surface area (Å²) in [6, 6.07) is 6.74. The molecule has 0 saturated heterocycles. The molecule has 1 aliphatic rings. The van der Waals surface area contributed by atoms with Crippen molar-refractivity contribution in [2.75, 3.05) is 12.3 Å². The first-order chi connectivity index (χ1) is 7.70. The standard InChI is InChI=1S/C12H15FN2S/c1-8(6-14)12-15-11(7-16-12)9-2-4-10(13)5-3-9/h2-5,8,11H,6-7,14H2,1H3. The van der Waals surface area contributed by atoms with E-state index < -0.39 is 0 Å². The minimum absolute atomic E-state index is 0.162. The highest BCUT2D eigenvalue weighted by molar-refractivity contribution is 8.14. The second-order valence-corrected chi connectivity index (χ2v) is 5.02. The van der Waals surface area contributed by atoms with Gasteiger partial charge in [0, 0.05) is 18.2 Å². The minimum atomic E-state index is -0.200. The maximum atomic E-state index is 12.8. The summed E-state index contributed by atoms with van der Waals surface area (Å²) in [5, 5.41) is 1.12. The van der Waals surface area contributed by atoms with Crippen molar-refractivity contribution in [1.29, 1.82) is 0 Å². The van der Waals surface area contributed by atoms with Crippen molar-refractivity contribution in [2.24, 2.45) is 16.6 Å². The molecular formula is C12H15FN2S. The summed E-state index contributed by atoms with van der Waals surface area (Å²) < 4.78 is 12.8. The van der Waals surface area contributed by atoms with Gasteiger partial charge < -0.3 is 5.73 Å². The fraction of sp³-hybridized carbons (Fsp3) is 0.417. The molecular weight excluding hydrogens is 223 g/mol. The fourth-order valence-electron chi connectivity index (χ4n) is 1.62. The van der Waals surface area contributed by atoms with Gasteiger partial charge in [0.15, 0.2) is 0 Å². The van der Waals surface area contributed by atoms with Crippen LogP contribution in [0.15, 0.2) is 29.3 Å². The monoisotopic (exact) mass is 238 g/mol. The summed E-state index contributed by atoms with van der Waals surface area (Å²) in [4.78, 5) is 4.64. The number of rotatable bonds is 3. The summed E-state index contributed by atoms with van der Waals surface area (Å²) >= 11 is 1.76. The third kappa shape index (κ3) is 2.44. The van der Waals surface area contributed by atoms with Gasteiger partial charge in [-0.15, -0.1) is 11.8 Å². The number of benzene rings is 1. The van der Waals surface area contributed by atoms with Crippen LogP contribution in [-0.4, -0.2) is 17.3 Å². The number of hydrogen-bond donors (Lipinski definition) is 1. The molecule has 0 saturated carbocycles. The van der Waals surface area contributed by atoms with Crippen molar-refractivity contribution in [3.05, 3.63) is 35.6 Å². The first-order valence-electron chi connectivity index (χ1n) is 5.36. The molecule has 1 aliphatic heterocycles. The Morgan fingerprint density at radius 3 is 2.81 bits per heavy atom. The number of halogens is 1. The Bertz CT molecular complexity index is 389. The number of nitrogens with two attached hydrogens (primary N) is 1. The van der Waals surface area contributed by atoms with E-state index >= 15 is 0 Å². The zero-order chi connectivity index (χ0) is 11.5. The molecule has 1 aromatic rings. The Labute approximate surface area is 99.1 Å². The number of thioether (sulfide) groups is 1. The lowest BCUT2D eigenvalue weighted by Crippen LogP contribution is -2.16. The lowest BCUT2D eigenvalue weighted by molar-refractivity contribution is 0.626. The van der Waals surface area contributed by atoms with Crippen LogP contribution in [0.5, 0.6) is 0 Å². The van der Waals surface area contributed by atoms with Crippen molar-refractivity contribution in [2.45, 2.75) is 13.0 Å². The molecule has 1 heterocycles. The van der Waals surface area contributed by atoms with Crippen molar-refractivity contribution < 1.29 is 4.39 Å². The molecule has 16 heavy (non-hydrogen) atoms. The van der Waals surface area contributed by atoms with E-state index in [4.69, 9.17) is 5.73 Å². The van der Waals surface area contributed by atoms with Crippen molar-refractivity contribution in [1.82, 2.24) is 0 Å². The van der Waals surface area contributed by atoms with Crippen LogP contribution < -0.4 is 5.73 Å². The number of hydrogen-bond acceptors (Lipinski definition) is 3. The second-order valence-electron chi connectivity index (χ2n) is 3.98. The van der Waals surface area contributed by atoms with E-state index in [0.29, 0.717) is 12.5 Å². The van der Waals surface area contributed by atoms with Gasteiger partial charge in [-0.2, -0.15) is 0 Å². The van der Waals surface area contributed by atoms with Crippen LogP contribution >= 0.6 is 11.8 Å². The summed E-state index contributed by atoms with van der Waals surface area (Å²) in [6.45, 7) is 2.71. The van der Waals surface area contributed by atoms with Crippen LogP contribution in [0.1, 0.15) is 18.5 Å². The van der Waals surface area contributed by atoms with Gasteiger partial charge in [-0.05, 0) is 17.7 Å². The first kappa shape index (κ1) is 11.6. The molecule has 2 nitrogen and oxygen atoms in total. The average Bonchev–Trinajstić information content (AvgIpc) is 2.78. The Morgan fingerprint density at radius 2 is 2.19 bits per heavy atom. The predicted octanol–water partition coefficient (Wildman–Crippen LogP) is 2.61. The van der Waals surface area contributed by atoms with Gasteiger partial charge in [-0.25, -0.2) is 4.39 Å². The van der Waals surface area contributed by atoms with Gasteiger partial charge in [0.05, 0.1) is 11.1 Å². The highest BCUT2D eigenvalue weighted by Crippen LogP contribution is 2.32. The lowest BCUT2D eigenvalue weighted by atomic mass is 10.1. The van der Waals surface area contributed by atoms with Gasteiger partial charge in [0.1, 0.15) is 5.82 Å². The van der Waals surface area contributed by atoms with Crippen molar-refractivity contribution >= 4 is 16.8 Å². The Hall–Kier alpha value is -0.870. The molecule has 86 valence electrons. The van der Waals surface area contributed by atoms with E-state index in [1.165, 1.54) is 12.1 Å². The van der Waals surface area contributed by atoms with Crippen LogP contribution in [0.3, 0.4) is 0 Å². The highest BCUT2D eigenvalue weighted by Gasteiger charge is 2.22. The predicted molar refractivity (Wildman–Crippen MR) is 67.3 cm³/mol. The summed E-state index contributed by atoms with van der Waals surface area (Å²) in [7, 11) is 0. The summed E-state index contributed by atoms with van der Waals surface area (Å²) in [5.74, 6) is 1.06. The Morgan fingerprint density at radius 1 is 1.50 bits per heavy atom. The minimum Gasteiger partial charge on any atom is -0.330 e. The lowest BCUT2D eigenvalue weighted by Gasteiger charge is -2.06. The van der Waals surface area contributed by atoms with Crippen molar-refractivity contribution in [3.8, 4) is 0 Å². The second kappa shape index (κ2) is 4.97.